The summed E-state index contributed by atoms with van der Waals surface area (Å²) >= 11 is 0. The predicted molar refractivity (Wildman–Crippen MR) is 85.8 cm³/mol. The maximum Gasteiger partial charge on any atom is 0.290 e. The Kier molecular flexibility index (Phi) is 4.61. The van der Waals surface area contributed by atoms with Gasteiger partial charge in [-0.25, -0.2) is 9.07 Å². The molecule has 0 aliphatic carbocycles. The Bertz CT molecular complexity index is 753. The molecule has 0 radical (unpaired) electrons. The van der Waals surface area contributed by atoms with Gasteiger partial charge in [0.15, 0.2) is 0 Å². The Morgan fingerprint density at radius 2 is 2.05 bits per heavy atom. The fourth-order valence-electron chi connectivity index (χ4n) is 2.29. The molecule has 0 spiro atoms. The number of nitrogen functional groups attached to an aromatic ring is 1. The first kappa shape index (κ1) is 16.2. The molecule has 0 aliphatic heterocycles. The quantitative estimate of drug-likeness (QED) is 0.905. The van der Waals surface area contributed by atoms with E-state index in [1.165, 1.54) is 10.7 Å². The van der Waals surface area contributed by atoms with Crippen molar-refractivity contribution in [3.63, 3.8) is 0 Å². The van der Waals surface area contributed by atoms with Crippen molar-refractivity contribution in [3.05, 3.63) is 45.5 Å². The van der Waals surface area contributed by atoms with Gasteiger partial charge in [-0.3, -0.25) is 4.79 Å². The zero-order chi connectivity index (χ0) is 16.4. The molecular weight excluding hydrogens is 283 g/mol. The molecule has 0 aliphatic rings. The maximum atomic E-state index is 13.6. The maximum absolute atomic E-state index is 13.6. The van der Waals surface area contributed by atoms with E-state index in [-0.39, 0.29) is 29.5 Å². The van der Waals surface area contributed by atoms with Crippen molar-refractivity contribution in [2.45, 2.75) is 33.9 Å². The van der Waals surface area contributed by atoms with Gasteiger partial charge in [0, 0.05) is 29.8 Å². The minimum Gasteiger partial charge on any atom is -0.394 e. The minimum absolute atomic E-state index is 0.0971. The van der Waals surface area contributed by atoms with Crippen LogP contribution in [0.3, 0.4) is 0 Å². The summed E-state index contributed by atoms with van der Waals surface area (Å²) in [5, 5.41) is 4.41. The predicted octanol–water partition coefficient (Wildman–Crippen LogP) is 2.05. The fraction of sp³-hybridized carbons (Fsp3) is 0.375. The van der Waals surface area contributed by atoms with Gasteiger partial charge in [0.05, 0.1) is 5.69 Å². The van der Waals surface area contributed by atoms with Crippen LogP contribution in [0.4, 0.5) is 10.1 Å². The van der Waals surface area contributed by atoms with Crippen LogP contribution in [0.25, 0.3) is 11.3 Å². The van der Waals surface area contributed by atoms with E-state index in [4.69, 9.17) is 11.5 Å². The van der Waals surface area contributed by atoms with Gasteiger partial charge in [-0.15, -0.1) is 0 Å². The van der Waals surface area contributed by atoms with Crippen LogP contribution < -0.4 is 17.0 Å². The van der Waals surface area contributed by atoms with Crippen LogP contribution in [0.15, 0.2) is 23.0 Å². The third-order valence-corrected chi connectivity index (χ3v) is 3.52. The van der Waals surface area contributed by atoms with Gasteiger partial charge in [0.1, 0.15) is 11.5 Å². The van der Waals surface area contributed by atoms with E-state index in [1.807, 2.05) is 13.8 Å². The third-order valence-electron chi connectivity index (χ3n) is 3.52. The molecule has 2 aromatic rings. The summed E-state index contributed by atoms with van der Waals surface area (Å²) in [6, 6.07) is 4.62. The summed E-state index contributed by atoms with van der Waals surface area (Å²) in [4.78, 5) is 12.2. The van der Waals surface area contributed by atoms with Crippen molar-refractivity contribution in [1.29, 1.82) is 0 Å². The number of hydrogen-bond donors (Lipinski definition) is 2. The number of rotatable bonds is 4. The average molecular weight is 304 g/mol. The Balaban J connectivity index is 2.64. The zero-order valence-electron chi connectivity index (χ0n) is 13.1. The molecule has 22 heavy (non-hydrogen) atoms. The third kappa shape index (κ3) is 3.01. The molecular formula is C16H21FN4O. The monoisotopic (exact) mass is 304 g/mol. The highest BCUT2D eigenvalue weighted by molar-refractivity contribution is 5.68. The number of nitrogens with zero attached hydrogens (tertiary/aromatic N) is 2. The second kappa shape index (κ2) is 6.27. The molecule has 0 saturated carbocycles. The first-order chi connectivity index (χ1) is 10.3. The molecule has 0 atom stereocenters. The van der Waals surface area contributed by atoms with E-state index < -0.39 is 0 Å². The molecule has 0 fully saturated rings. The Labute approximate surface area is 128 Å². The van der Waals surface area contributed by atoms with Crippen molar-refractivity contribution in [1.82, 2.24) is 9.78 Å². The molecule has 0 bridgehead atoms. The molecule has 0 amide bonds. The van der Waals surface area contributed by atoms with Crippen molar-refractivity contribution >= 4 is 5.69 Å². The average Bonchev–Trinajstić information content (AvgIpc) is 2.48. The molecule has 6 heteroatoms. The zero-order valence-corrected chi connectivity index (χ0v) is 13.1. The SMILES string of the molecule is Cc1c(-c2ccc(F)c(CN)c2)nn(CC(C)C)c(=O)c1N. The summed E-state index contributed by atoms with van der Waals surface area (Å²) in [6.45, 7) is 6.30. The van der Waals surface area contributed by atoms with Crippen molar-refractivity contribution in [2.24, 2.45) is 11.7 Å². The second-order valence-corrected chi connectivity index (χ2v) is 5.78. The van der Waals surface area contributed by atoms with E-state index >= 15 is 0 Å². The summed E-state index contributed by atoms with van der Waals surface area (Å²) in [5.41, 5.74) is 13.6. The highest BCUT2D eigenvalue weighted by Gasteiger charge is 2.15. The van der Waals surface area contributed by atoms with Crippen LogP contribution in [0, 0.1) is 18.7 Å². The van der Waals surface area contributed by atoms with Gasteiger partial charge < -0.3 is 11.5 Å². The molecule has 0 saturated heterocycles. The summed E-state index contributed by atoms with van der Waals surface area (Å²) in [5.74, 6) is -0.0969. The molecule has 4 N–H and O–H groups in total. The largest absolute Gasteiger partial charge is 0.394 e. The van der Waals surface area contributed by atoms with E-state index in [0.717, 1.165) is 0 Å². The van der Waals surface area contributed by atoms with Crippen molar-refractivity contribution in [2.75, 3.05) is 5.73 Å². The first-order valence-electron chi connectivity index (χ1n) is 7.21. The van der Waals surface area contributed by atoms with E-state index in [0.29, 0.717) is 28.9 Å². The summed E-state index contributed by atoms with van der Waals surface area (Å²) in [6.07, 6.45) is 0. The van der Waals surface area contributed by atoms with Crippen molar-refractivity contribution in [3.8, 4) is 11.3 Å². The second-order valence-electron chi connectivity index (χ2n) is 5.78. The number of aromatic nitrogens is 2. The number of halogens is 1. The number of hydrogen-bond acceptors (Lipinski definition) is 4. The molecule has 1 heterocycles. The fourth-order valence-corrected chi connectivity index (χ4v) is 2.29. The molecule has 1 aromatic heterocycles. The number of anilines is 1. The highest BCUT2D eigenvalue weighted by Crippen LogP contribution is 2.25. The Hall–Kier alpha value is -2.21. The lowest BCUT2D eigenvalue weighted by molar-refractivity contribution is 0.465. The van der Waals surface area contributed by atoms with Crippen LogP contribution in [0.2, 0.25) is 0 Å². The van der Waals surface area contributed by atoms with Crippen LogP contribution in [0.1, 0.15) is 25.0 Å². The van der Waals surface area contributed by atoms with Gasteiger partial charge in [-0.2, -0.15) is 5.10 Å². The Morgan fingerprint density at radius 1 is 1.36 bits per heavy atom. The molecule has 118 valence electrons. The Morgan fingerprint density at radius 3 is 2.64 bits per heavy atom. The van der Waals surface area contributed by atoms with Gasteiger partial charge in [0.2, 0.25) is 0 Å². The van der Waals surface area contributed by atoms with Gasteiger partial charge in [-0.1, -0.05) is 13.8 Å². The molecule has 0 unspecified atom stereocenters. The molecule has 1 aromatic carbocycles. The van der Waals surface area contributed by atoms with Crippen LogP contribution in [0.5, 0.6) is 0 Å². The lowest BCUT2D eigenvalue weighted by Gasteiger charge is -2.14. The number of benzene rings is 1. The molecule has 5 nitrogen and oxygen atoms in total. The molecule has 2 rings (SSSR count). The van der Waals surface area contributed by atoms with Crippen LogP contribution in [-0.4, -0.2) is 9.78 Å². The van der Waals surface area contributed by atoms with E-state index in [1.54, 1.807) is 19.1 Å². The number of nitrogens with two attached hydrogens (primary N) is 2. The lowest BCUT2D eigenvalue weighted by Crippen LogP contribution is -2.29. The van der Waals surface area contributed by atoms with Crippen LogP contribution in [-0.2, 0) is 13.1 Å². The van der Waals surface area contributed by atoms with E-state index in [2.05, 4.69) is 5.10 Å². The first-order valence-corrected chi connectivity index (χ1v) is 7.21. The highest BCUT2D eigenvalue weighted by atomic mass is 19.1. The van der Waals surface area contributed by atoms with Crippen LogP contribution >= 0.6 is 0 Å². The van der Waals surface area contributed by atoms with E-state index in [9.17, 15) is 9.18 Å². The minimum atomic E-state index is -0.354. The van der Waals surface area contributed by atoms with Gasteiger partial charge >= 0.3 is 0 Å². The summed E-state index contributed by atoms with van der Waals surface area (Å²) in [7, 11) is 0. The van der Waals surface area contributed by atoms with Gasteiger partial charge in [-0.05, 0) is 31.0 Å². The normalized spacial score (nSPS) is 11.2. The topological polar surface area (TPSA) is 86.9 Å². The smallest absolute Gasteiger partial charge is 0.290 e. The van der Waals surface area contributed by atoms with Gasteiger partial charge in [0.25, 0.3) is 5.56 Å². The summed E-state index contributed by atoms with van der Waals surface area (Å²) < 4.78 is 15.0. The van der Waals surface area contributed by atoms with Crippen molar-refractivity contribution < 1.29 is 4.39 Å². The standard InChI is InChI=1S/C16H21FN4O/c1-9(2)8-21-16(22)14(19)10(3)15(20-21)11-4-5-13(17)12(6-11)7-18/h4-6,9H,7-8,18-19H2,1-3H3. The lowest BCUT2D eigenvalue weighted by atomic mass is 10.0.